The molecule has 0 heterocycles. The van der Waals surface area contributed by atoms with Gasteiger partial charge in [-0.15, -0.1) is 0 Å². The van der Waals surface area contributed by atoms with Crippen molar-refractivity contribution in [3.8, 4) is 0 Å². The normalized spacial score (nSPS) is 29.0. The van der Waals surface area contributed by atoms with Crippen molar-refractivity contribution in [2.24, 2.45) is 16.6 Å². The summed E-state index contributed by atoms with van der Waals surface area (Å²) in [6.07, 6.45) is 15.5. The van der Waals surface area contributed by atoms with Crippen LogP contribution in [0.2, 0.25) is 0 Å². The smallest absolute Gasteiger partial charge is 0.224 e. The number of rotatable bonds is 4. The minimum Gasteiger partial charge on any atom is -0.369 e. The van der Waals surface area contributed by atoms with E-state index in [2.05, 4.69) is 5.32 Å². The summed E-state index contributed by atoms with van der Waals surface area (Å²) in [4.78, 5) is 11.8. The van der Waals surface area contributed by atoms with Crippen LogP contribution in [0, 0.1) is 10.8 Å². The molecular weight excluding hydrogens is 248 g/mol. The lowest BCUT2D eigenvalue weighted by molar-refractivity contribution is -0.127. The molecule has 3 aliphatic carbocycles. The van der Waals surface area contributed by atoms with E-state index in [1.807, 2.05) is 0 Å². The Labute approximate surface area is 123 Å². The van der Waals surface area contributed by atoms with Crippen LogP contribution >= 0.6 is 0 Å². The quantitative estimate of drug-likeness (QED) is 0.830. The molecule has 0 aromatic rings. The molecule has 3 N–H and O–H groups in total. The van der Waals surface area contributed by atoms with Gasteiger partial charge >= 0.3 is 0 Å². The minimum atomic E-state index is -0.234. The summed E-state index contributed by atoms with van der Waals surface area (Å²) in [6, 6.07) is 0.623. The summed E-state index contributed by atoms with van der Waals surface area (Å²) >= 11 is 0. The van der Waals surface area contributed by atoms with Crippen LogP contribution in [0.5, 0.6) is 0 Å². The standard InChI is InChI=1S/C17H30N2O/c18-15(20)17(9-3-4-10-17)13-19-14-5-11-16(12-6-14)7-1-2-8-16/h14,19H,1-13H2,(H2,18,20). The molecule has 0 aromatic heterocycles. The van der Waals surface area contributed by atoms with E-state index in [9.17, 15) is 4.79 Å². The first-order valence-corrected chi connectivity index (χ1v) is 8.68. The number of hydrogen-bond acceptors (Lipinski definition) is 2. The van der Waals surface area contributed by atoms with Crippen LogP contribution in [0.3, 0.4) is 0 Å². The van der Waals surface area contributed by atoms with Gasteiger partial charge in [0.1, 0.15) is 0 Å². The Morgan fingerprint density at radius 3 is 2.05 bits per heavy atom. The lowest BCUT2D eigenvalue weighted by Gasteiger charge is -2.39. The number of amides is 1. The fraction of sp³-hybridized carbons (Fsp3) is 0.941. The van der Waals surface area contributed by atoms with E-state index in [-0.39, 0.29) is 11.3 Å². The van der Waals surface area contributed by atoms with Crippen molar-refractivity contribution < 1.29 is 4.79 Å². The van der Waals surface area contributed by atoms with Crippen LogP contribution in [-0.2, 0) is 4.79 Å². The van der Waals surface area contributed by atoms with Gasteiger partial charge in [-0.3, -0.25) is 4.79 Å². The predicted molar refractivity (Wildman–Crippen MR) is 81.3 cm³/mol. The number of carbonyl (C=O) groups is 1. The van der Waals surface area contributed by atoms with Gasteiger partial charge in [-0.1, -0.05) is 25.7 Å². The largest absolute Gasteiger partial charge is 0.369 e. The highest BCUT2D eigenvalue weighted by molar-refractivity contribution is 5.81. The zero-order valence-electron chi connectivity index (χ0n) is 12.8. The fourth-order valence-electron chi connectivity index (χ4n) is 4.96. The molecule has 3 heteroatoms. The van der Waals surface area contributed by atoms with Crippen molar-refractivity contribution >= 4 is 5.91 Å². The van der Waals surface area contributed by atoms with E-state index in [1.165, 1.54) is 64.2 Å². The minimum absolute atomic E-state index is 0.0782. The lowest BCUT2D eigenvalue weighted by Crippen LogP contribution is -2.47. The van der Waals surface area contributed by atoms with Gasteiger partial charge in [0.25, 0.3) is 0 Å². The summed E-state index contributed by atoms with van der Waals surface area (Å²) in [6.45, 7) is 0.819. The molecule has 0 radical (unpaired) electrons. The molecular formula is C17H30N2O. The van der Waals surface area contributed by atoms with Crippen LogP contribution in [-0.4, -0.2) is 18.5 Å². The molecule has 114 valence electrons. The highest BCUT2D eigenvalue weighted by Crippen LogP contribution is 2.49. The highest BCUT2D eigenvalue weighted by Gasteiger charge is 2.41. The van der Waals surface area contributed by atoms with Crippen molar-refractivity contribution in [3.63, 3.8) is 0 Å². The maximum absolute atomic E-state index is 11.8. The average Bonchev–Trinajstić information content (AvgIpc) is 3.09. The van der Waals surface area contributed by atoms with Crippen LogP contribution in [0.15, 0.2) is 0 Å². The van der Waals surface area contributed by atoms with Gasteiger partial charge in [0.2, 0.25) is 5.91 Å². The predicted octanol–water partition coefficient (Wildman–Crippen LogP) is 3.12. The first kappa shape index (κ1) is 14.4. The number of primary amides is 1. The van der Waals surface area contributed by atoms with Gasteiger partial charge in [-0.05, 0) is 56.8 Å². The molecule has 1 amide bonds. The third-order valence-corrected chi connectivity index (χ3v) is 6.52. The molecule has 3 saturated carbocycles. The van der Waals surface area contributed by atoms with Crippen LogP contribution in [0.4, 0.5) is 0 Å². The number of carbonyl (C=O) groups excluding carboxylic acids is 1. The molecule has 0 saturated heterocycles. The Morgan fingerprint density at radius 1 is 0.950 bits per heavy atom. The van der Waals surface area contributed by atoms with Crippen LogP contribution in [0.1, 0.15) is 77.0 Å². The maximum atomic E-state index is 11.8. The molecule has 0 atom stereocenters. The third kappa shape index (κ3) is 2.74. The monoisotopic (exact) mass is 278 g/mol. The van der Waals surface area contributed by atoms with E-state index < -0.39 is 0 Å². The van der Waals surface area contributed by atoms with Gasteiger partial charge in [0, 0.05) is 12.6 Å². The summed E-state index contributed by atoms with van der Waals surface area (Å²) in [5.41, 5.74) is 6.13. The van der Waals surface area contributed by atoms with Crippen molar-refractivity contribution in [3.05, 3.63) is 0 Å². The van der Waals surface area contributed by atoms with E-state index in [0.29, 0.717) is 11.5 Å². The summed E-state index contributed by atoms with van der Waals surface area (Å²) in [5, 5.41) is 3.69. The van der Waals surface area contributed by atoms with Gasteiger partial charge in [0.15, 0.2) is 0 Å². The first-order valence-electron chi connectivity index (χ1n) is 8.68. The Hall–Kier alpha value is -0.570. The van der Waals surface area contributed by atoms with Gasteiger partial charge in [0.05, 0.1) is 5.41 Å². The topological polar surface area (TPSA) is 55.1 Å². The Morgan fingerprint density at radius 2 is 1.50 bits per heavy atom. The molecule has 0 bridgehead atoms. The maximum Gasteiger partial charge on any atom is 0.224 e. The van der Waals surface area contributed by atoms with Gasteiger partial charge < -0.3 is 11.1 Å². The SMILES string of the molecule is NC(=O)C1(CNC2CCC3(CCCC3)CC2)CCCC1. The molecule has 0 aromatic carbocycles. The molecule has 20 heavy (non-hydrogen) atoms. The number of nitrogens with two attached hydrogens (primary N) is 1. The second-order valence-corrected chi connectivity index (χ2v) is 7.71. The summed E-state index contributed by atoms with van der Waals surface area (Å²) < 4.78 is 0. The molecule has 3 rings (SSSR count). The Kier molecular flexibility index (Phi) is 4.07. The third-order valence-electron chi connectivity index (χ3n) is 6.52. The van der Waals surface area contributed by atoms with Gasteiger partial charge in [-0.25, -0.2) is 0 Å². The van der Waals surface area contributed by atoms with Crippen molar-refractivity contribution in [1.82, 2.24) is 5.32 Å². The molecule has 3 fully saturated rings. The second-order valence-electron chi connectivity index (χ2n) is 7.71. The molecule has 1 spiro atoms. The molecule has 0 aliphatic heterocycles. The first-order chi connectivity index (χ1) is 9.64. The Balaban J connectivity index is 1.48. The van der Waals surface area contributed by atoms with E-state index in [1.54, 1.807) is 0 Å². The van der Waals surface area contributed by atoms with Crippen molar-refractivity contribution in [2.45, 2.75) is 83.1 Å². The fourth-order valence-corrected chi connectivity index (χ4v) is 4.96. The van der Waals surface area contributed by atoms with Gasteiger partial charge in [-0.2, -0.15) is 0 Å². The van der Waals surface area contributed by atoms with E-state index >= 15 is 0 Å². The van der Waals surface area contributed by atoms with Crippen molar-refractivity contribution in [1.29, 1.82) is 0 Å². The second kappa shape index (κ2) is 5.67. The number of nitrogens with one attached hydrogen (secondary N) is 1. The zero-order valence-corrected chi connectivity index (χ0v) is 12.8. The zero-order chi connectivity index (χ0) is 14.1. The average molecular weight is 278 g/mol. The highest BCUT2D eigenvalue weighted by atomic mass is 16.1. The van der Waals surface area contributed by atoms with Crippen LogP contribution in [0.25, 0.3) is 0 Å². The van der Waals surface area contributed by atoms with Crippen LogP contribution < -0.4 is 11.1 Å². The van der Waals surface area contributed by atoms with E-state index in [4.69, 9.17) is 5.73 Å². The molecule has 0 unspecified atom stereocenters. The van der Waals surface area contributed by atoms with Crippen molar-refractivity contribution in [2.75, 3.05) is 6.54 Å². The number of hydrogen-bond donors (Lipinski definition) is 2. The lowest BCUT2D eigenvalue weighted by atomic mass is 9.71. The summed E-state index contributed by atoms with van der Waals surface area (Å²) in [7, 11) is 0. The Bertz CT molecular complexity index is 344. The molecule has 3 aliphatic rings. The molecule has 3 nitrogen and oxygen atoms in total. The van der Waals surface area contributed by atoms with E-state index in [0.717, 1.165) is 19.4 Å². The summed E-state index contributed by atoms with van der Waals surface area (Å²) in [5.74, 6) is -0.0782.